The minimum atomic E-state index is -0.939. The minimum absolute atomic E-state index is 0.260. The Kier molecular flexibility index (Phi) is 3.89. The highest BCUT2D eigenvalue weighted by molar-refractivity contribution is 7.99. The van der Waals surface area contributed by atoms with E-state index in [0.29, 0.717) is 5.75 Å². The molecule has 0 radical (unpaired) electrons. The lowest BCUT2D eigenvalue weighted by Crippen LogP contribution is -1.86. The van der Waals surface area contributed by atoms with Crippen LogP contribution in [0.5, 0.6) is 5.75 Å². The third-order valence-electron chi connectivity index (χ3n) is 2.46. The van der Waals surface area contributed by atoms with Gasteiger partial charge >= 0.3 is 5.97 Å². The molecule has 0 aliphatic rings. The van der Waals surface area contributed by atoms with Crippen molar-refractivity contribution >= 4 is 28.5 Å². The Morgan fingerprint density at radius 2 is 1.89 bits per heavy atom. The molecule has 0 unspecified atom stereocenters. The summed E-state index contributed by atoms with van der Waals surface area (Å²) in [7, 11) is 0. The van der Waals surface area contributed by atoms with Gasteiger partial charge in [0.1, 0.15) is 5.75 Å². The molecule has 18 heavy (non-hydrogen) atoms. The van der Waals surface area contributed by atoms with Gasteiger partial charge in [-0.15, -0.1) is 11.8 Å². The third-order valence-corrected chi connectivity index (χ3v) is 3.48. The summed E-state index contributed by atoms with van der Waals surface area (Å²) < 4.78 is 0. The number of thioether (sulfide) groups is 1. The van der Waals surface area contributed by atoms with Gasteiger partial charge in [0.2, 0.25) is 0 Å². The molecule has 0 aromatic heterocycles. The van der Waals surface area contributed by atoms with E-state index in [4.69, 9.17) is 5.11 Å². The SMILES string of the molecule is O=C(O)/C=C/CSc1ccc(O)c2ccccc12. The fraction of sp³-hybridized carbons (Fsp3) is 0.0714. The first-order chi connectivity index (χ1) is 8.68. The maximum Gasteiger partial charge on any atom is 0.328 e. The maximum absolute atomic E-state index is 10.3. The van der Waals surface area contributed by atoms with Crippen molar-refractivity contribution in [2.75, 3.05) is 5.75 Å². The number of benzene rings is 2. The van der Waals surface area contributed by atoms with Gasteiger partial charge < -0.3 is 10.2 Å². The predicted octanol–water partition coefficient (Wildman–Crippen LogP) is 3.28. The lowest BCUT2D eigenvalue weighted by Gasteiger charge is -2.06. The summed E-state index contributed by atoms with van der Waals surface area (Å²) in [5.74, 6) is -0.0941. The molecular formula is C14H12O3S. The van der Waals surface area contributed by atoms with Crippen LogP contribution in [0.2, 0.25) is 0 Å². The second kappa shape index (κ2) is 5.60. The Bertz CT molecular complexity index is 605. The average molecular weight is 260 g/mol. The lowest BCUT2D eigenvalue weighted by molar-refractivity contribution is -0.131. The van der Waals surface area contributed by atoms with Crippen LogP contribution in [-0.4, -0.2) is 21.9 Å². The highest BCUT2D eigenvalue weighted by atomic mass is 32.2. The van der Waals surface area contributed by atoms with Gasteiger partial charge in [-0.3, -0.25) is 0 Å². The number of phenols is 1. The third kappa shape index (κ3) is 2.84. The molecule has 2 aromatic carbocycles. The molecule has 2 rings (SSSR count). The van der Waals surface area contributed by atoms with E-state index in [1.165, 1.54) is 11.8 Å². The van der Waals surface area contributed by atoms with Gasteiger partial charge in [0.25, 0.3) is 0 Å². The van der Waals surface area contributed by atoms with Crippen molar-refractivity contribution < 1.29 is 15.0 Å². The van der Waals surface area contributed by atoms with E-state index in [1.807, 2.05) is 30.3 Å². The molecule has 2 aromatic rings. The Labute approximate surface area is 109 Å². The normalized spacial score (nSPS) is 11.1. The largest absolute Gasteiger partial charge is 0.507 e. The first-order valence-electron chi connectivity index (χ1n) is 5.41. The standard InChI is InChI=1S/C14H12O3S/c15-12-7-8-13(18-9-3-6-14(16)17)11-5-2-1-4-10(11)12/h1-8,15H,9H2,(H,16,17)/b6-3+. The molecule has 0 heterocycles. The van der Waals surface area contributed by atoms with Gasteiger partial charge in [-0.25, -0.2) is 4.79 Å². The zero-order chi connectivity index (χ0) is 13.0. The van der Waals surface area contributed by atoms with Crippen molar-refractivity contribution in [2.24, 2.45) is 0 Å². The minimum Gasteiger partial charge on any atom is -0.507 e. The molecule has 3 nitrogen and oxygen atoms in total. The van der Waals surface area contributed by atoms with Gasteiger partial charge in [0.05, 0.1) is 0 Å². The molecule has 0 bridgehead atoms. The van der Waals surface area contributed by atoms with Crippen LogP contribution in [0.15, 0.2) is 53.4 Å². The predicted molar refractivity (Wildman–Crippen MR) is 73.1 cm³/mol. The van der Waals surface area contributed by atoms with Gasteiger partial charge in [-0.2, -0.15) is 0 Å². The smallest absolute Gasteiger partial charge is 0.328 e. The molecule has 0 atom stereocenters. The first-order valence-corrected chi connectivity index (χ1v) is 6.40. The summed E-state index contributed by atoms with van der Waals surface area (Å²) in [6.45, 7) is 0. The molecule has 2 N–H and O–H groups in total. The Balaban J connectivity index is 2.24. The molecule has 0 aliphatic carbocycles. The van der Waals surface area contributed by atoms with Crippen LogP contribution in [0.25, 0.3) is 10.8 Å². The van der Waals surface area contributed by atoms with Crippen LogP contribution in [0, 0.1) is 0 Å². The van der Waals surface area contributed by atoms with E-state index in [9.17, 15) is 9.90 Å². The van der Waals surface area contributed by atoms with E-state index >= 15 is 0 Å². The van der Waals surface area contributed by atoms with Crippen molar-refractivity contribution in [1.82, 2.24) is 0 Å². The van der Waals surface area contributed by atoms with Gasteiger partial charge in [-0.05, 0) is 17.5 Å². The number of hydrogen-bond donors (Lipinski definition) is 2. The van der Waals surface area contributed by atoms with Crippen molar-refractivity contribution in [3.63, 3.8) is 0 Å². The van der Waals surface area contributed by atoms with Gasteiger partial charge in [0, 0.05) is 22.1 Å². The zero-order valence-electron chi connectivity index (χ0n) is 9.54. The van der Waals surface area contributed by atoms with E-state index in [1.54, 1.807) is 12.1 Å². The number of phenolic OH excluding ortho intramolecular Hbond substituents is 1. The molecular weight excluding hydrogens is 248 g/mol. The fourth-order valence-corrected chi connectivity index (χ4v) is 2.54. The summed E-state index contributed by atoms with van der Waals surface area (Å²) in [6, 6.07) is 11.1. The van der Waals surface area contributed by atoms with Gasteiger partial charge in [-0.1, -0.05) is 30.3 Å². The van der Waals surface area contributed by atoms with Gasteiger partial charge in [0.15, 0.2) is 0 Å². The number of rotatable bonds is 4. The Morgan fingerprint density at radius 3 is 2.61 bits per heavy atom. The second-order valence-corrected chi connectivity index (χ2v) is 4.74. The number of aromatic hydroxyl groups is 1. The summed E-state index contributed by atoms with van der Waals surface area (Å²) in [6.07, 6.45) is 2.74. The zero-order valence-corrected chi connectivity index (χ0v) is 10.4. The van der Waals surface area contributed by atoms with Crippen LogP contribution in [0.3, 0.4) is 0 Å². The van der Waals surface area contributed by atoms with Crippen LogP contribution in [-0.2, 0) is 4.79 Å². The molecule has 4 heteroatoms. The molecule has 0 saturated heterocycles. The Hall–Kier alpha value is -1.94. The van der Waals surface area contributed by atoms with Crippen LogP contribution in [0.1, 0.15) is 0 Å². The average Bonchev–Trinajstić information content (AvgIpc) is 2.37. The first kappa shape index (κ1) is 12.5. The van der Waals surface area contributed by atoms with Crippen LogP contribution >= 0.6 is 11.8 Å². The summed E-state index contributed by atoms with van der Waals surface area (Å²) in [5, 5.41) is 20.0. The monoisotopic (exact) mass is 260 g/mol. The number of hydrogen-bond acceptors (Lipinski definition) is 3. The molecule has 0 spiro atoms. The van der Waals surface area contributed by atoms with Crippen molar-refractivity contribution in [3.05, 3.63) is 48.6 Å². The molecule has 0 aliphatic heterocycles. The number of carbonyl (C=O) groups is 1. The number of aliphatic carboxylic acids is 1. The highest BCUT2D eigenvalue weighted by Crippen LogP contribution is 2.33. The molecule has 0 saturated carbocycles. The molecule has 0 fully saturated rings. The molecule has 0 amide bonds. The maximum atomic E-state index is 10.3. The number of fused-ring (bicyclic) bond motifs is 1. The second-order valence-electron chi connectivity index (χ2n) is 3.68. The van der Waals surface area contributed by atoms with E-state index < -0.39 is 5.97 Å². The van der Waals surface area contributed by atoms with Crippen molar-refractivity contribution in [3.8, 4) is 5.75 Å². The van der Waals surface area contributed by atoms with E-state index in [-0.39, 0.29) is 5.75 Å². The van der Waals surface area contributed by atoms with Crippen LogP contribution in [0.4, 0.5) is 0 Å². The number of carboxylic acids is 1. The van der Waals surface area contributed by atoms with Crippen molar-refractivity contribution in [2.45, 2.75) is 4.90 Å². The molecule has 92 valence electrons. The quantitative estimate of drug-likeness (QED) is 0.654. The Morgan fingerprint density at radius 1 is 1.17 bits per heavy atom. The number of carboxylic acid groups (broad SMARTS) is 1. The summed E-state index contributed by atoms with van der Waals surface area (Å²) in [4.78, 5) is 11.4. The van der Waals surface area contributed by atoms with Crippen LogP contribution < -0.4 is 0 Å². The van der Waals surface area contributed by atoms with E-state index in [0.717, 1.165) is 21.7 Å². The van der Waals surface area contributed by atoms with E-state index in [2.05, 4.69) is 0 Å². The fourth-order valence-electron chi connectivity index (χ4n) is 1.67. The van der Waals surface area contributed by atoms with Crippen molar-refractivity contribution in [1.29, 1.82) is 0 Å². The lowest BCUT2D eigenvalue weighted by atomic mass is 10.1. The highest BCUT2D eigenvalue weighted by Gasteiger charge is 2.04. The summed E-state index contributed by atoms with van der Waals surface area (Å²) >= 11 is 1.54. The topological polar surface area (TPSA) is 57.5 Å². The summed E-state index contributed by atoms with van der Waals surface area (Å²) in [5.41, 5.74) is 0.